The Hall–Kier alpha value is -2.48. The molecule has 4 nitrogen and oxygen atoms in total. The summed E-state index contributed by atoms with van der Waals surface area (Å²) in [7, 11) is 0. The van der Waals surface area contributed by atoms with Gasteiger partial charge in [0, 0.05) is 11.4 Å². The molecule has 0 atom stereocenters. The highest BCUT2D eigenvalue weighted by molar-refractivity contribution is 7.13. The fourth-order valence-corrected chi connectivity index (χ4v) is 2.33. The van der Waals surface area contributed by atoms with Crippen LogP contribution in [0.2, 0.25) is 0 Å². The van der Waals surface area contributed by atoms with Gasteiger partial charge in [0.2, 0.25) is 5.88 Å². The Morgan fingerprint density at radius 3 is 2.55 bits per heavy atom. The van der Waals surface area contributed by atoms with E-state index >= 15 is 0 Å². The Labute approximate surface area is 127 Å². The second-order valence-electron chi connectivity index (χ2n) is 4.11. The molecule has 0 saturated heterocycles. The van der Waals surface area contributed by atoms with E-state index in [0.717, 1.165) is 16.7 Å². The first-order valence-electron chi connectivity index (χ1n) is 6.03. The molecule has 0 saturated carbocycles. The van der Waals surface area contributed by atoms with Crippen molar-refractivity contribution in [3.05, 3.63) is 53.7 Å². The van der Waals surface area contributed by atoms with Crippen LogP contribution >= 0.6 is 11.3 Å². The summed E-state index contributed by atoms with van der Waals surface area (Å²) in [5, 5.41) is 0.978. The van der Waals surface area contributed by atoms with E-state index in [1.165, 1.54) is 6.07 Å². The average Bonchev–Trinajstić information content (AvgIpc) is 2.99. The summed E-state index contributed by atoms with van der Waals surface area (Å²) in [4.78, 5) is 11.4. The van der Waals surface area contributed by atoms with Gasteiger partial charge in [-0.05, 0) is 12.1 Å². The minimum atomic E-state index is -4.49. The molecule has 0 aliphatic rings. The van der Waals surface area contributed by atoms with Crippen LogP contribution in [0.3, 0.4) is 0 Å². The van der Waals surface area contributed by atoms with Gasteiger partial charge in [-0.2, -0.15) is 18.2 Å². The van der Waals surface area contributed by atoms with Crippen LogP contribution in [0.25, 0.3) is 10.8 Å². The zero-order valence-corrected chi connectivity index (χ0v) is 11.6. The van der Waals surface area contributed by atoms with Gasteiger partial charge in [-0.1, -0.05) is 18.2 Å². The maximum Gasteiger partial charge on any atom is 0.434 e. The number of hydrogen-bond acceptors (Lipinski definition) is 5. The summed E-state index contributed by atoms with van der Waals surface area (Å²) in [5.41, 5.74) is -0.967. The van der Waals surface area contributed by atoms with Crippen molar-refractivity contribution in [1.82, 2.24) is 15.0 Å². The molecular weight excluding hydrogens is 315 g/mol. The maximum absolute atomic E-state index is 12.6. The Balaban J connectivity index is 1.86. The number of thiazole rings is 1. The number of benzene rings is 1. The standard InChI is InChI=1S/C14H7F3N3OS/c15-14(16,17)10-8-22-13(19-10)12-18-7-6-11(20-12)21-9-4-2-1-3-5-9/h1-6,8H. The molecule has 0 spiro atoms. The van der Waals surface area contributed by atoms with E-state index in [4.69, 9.17) is 4.74 Å². The fraction of sp³-hybridized carbons (Fsp3) is 0.0714. The highest BCUT2D eigenvalue weighted by atomic mass is 32.1. The third-order valence-electron chi connectivity index (χ3n) is 2.53. The van der Waals surface area contributed by atoms with E-state index in [-0.39, 0.29) is 16.7 Å². The predicted molar refractivity (Wildman–Crippen MR) is 73.5 cm³/mol. The molecule has 0 bridgehead atoms. The van der Waals surface area contributed by atoms with Crippen molar-refractivity contribution < 1.29 is 17.9 Å². The van der Waals surface area contributed by atoms with E-state index in [1.807, 2.05) is 6.07 Å². The molecule has 1 radical (unpaired) electrons. The van der Waals surface area contributed by atoms with Crippen molar-refractivity contribution in [3.8, 4) is 22.5 Å². The second-order valence-corrected chi connectivity index (χ2v) is 4.97. The van der Waals surface area contributed by atoms with Gasteiger partial charge in [0.05, 0.1) is 6.20 Å². The lowest BCUT2D eigenvalue weighted by atomic mass is 10.3. The van der Waals surface area contributed by atoms with Crippen molar-refractivity contribution in [2.45, 2.75) is 6.18 Å². The molecule has 0 N–H and O–H groups in total. The average molecular weight is 322 g/mol. The van der Waals surface area contributed by atoms with Gasteiger partial charge in [-0.3, -0.25) is 0 Å². The number of alkyl halides is 3. The van der Waals surface area contributed by atoms with E-state index in [2.05, 4.69) is 21.1 Å². The van der Waals surface area contributed by atoms with Crippen LogP contribution in [0.4, 0.5) is 13.2 Å². The lowest BCUT2D eigenvalue weighted by Crippen LogP contribution is -2.05. The van der Waals surface area contributed by atoms with Crippen molar-refractivity contribution in [1.29, 1.82) is 0 Å². The first kappa shape index (κ1) is 14.5. The first-order chi connectivity index (χ1) is 10.5. The molecule has 3 rings (SSSR count). The van der Waals surface area contributed by atoms with E-state index < -0.39 is 11.9 Å². The summed E-state index contributed by atoms with van der Waals surface area (Å²) < 4.78 is 43.2. The smallest absolute Gasteiger partial charge is 0.434 e. The molecule has 3 aromatic rings. The highest BCUT2D eigenvalue weighted by Gasteiger charge is 2.34. The van der Waals surface area contributed by atoms with E-state index in [9.17, 15) is 13.2 Å². The number of nitrogens with zero attached hydrogens (tertiary/aromatic N) is 3. The third kappa shape index (κ3) is 3.22. The number of hydrogen-bond donors (Lipinski definition) is 0. The van der Waals surface area contributed by atoms with Crippen molar-refractivity contribution in [2.24, 2.45) is 0 Å². The Morgan fingerprint density at radius 1 is 1.09 bits per heavy atom. The Kier molecular flexibility index (Phi) is 3.76. The molecule has 2 aromatic heterocycles. The quantitative estimate of drug-likeness (QED) is 0.725. The third-order valence-corrected chi connectivity index (χ3v) is 3.36. The molecule has 2 heterocycles. The van der Waals surface area contributed by atoms with Crippen LogP contribution in [0.15, 0.2) is 41.8 Å². The van der Waals surface area contributed by atoms with Gasteiger partial charge in [-0.25, -0.2) is 9.97 Å². The van der Waals surface area contributed by atoms with Gasteiger partial charge in [-0.15, -0.1) is 11.3 Å². The molecule has 0 amide bonds. The lowest BCUT2D eigenvalue weighted by Gasteiger charge is -2.04. The van der Waals surface area contributed by atoms with Gasteiger partial charge in [0.15, 0.2) is 16.5 Å². The molecule has 0 fully saturated rings. The van der Waals surface area contributed by atoms with Crippen molar-refractivity contribution in [2.75, 3.05) is 0 Å². The topological polar surface area (TPSA) is 47.9 Å². The molecular formula is C14H7F3N3OS. The van der Waals surface area contributed by atoms with Gasteiger partial charge >= 0.3 is 6.18 Å². The van der Waals surface area contributed by atoms with Crippen LogP contribution in [0.5, 0.6) is 11.6 Å². The summed E-state index contributed by atoms with van der Waals surface area (Å²) >= 11 is 0.813. The molecule has 8 heteroatoms. The normalized spacial score (nSPS) is 11.4. The molecule has 111 valence electrons. The minimum absolute atomic E-state index is 0.0360. The van der Waals surface area contributed by atoms with Crippen LogP contribution in [-0.4, -0.2) is 15.0 Å². The maximum atomic E-state index is 12.6. The number of para-hydroxylation sites is 1. The molecule has 1 aromatic carbocycles. The number of halogens is 3. The van der Waals surface area contributed by atoms with Gasteiger partial charge in [0.1, 0.15) is 5.75 Å². The zero-order chi connectivity index (χ0) is 15.6. The largest absolute Gasteiger partial charge is 0.439 e. The van der Waals surface area contributed by atoms with Crippen LogP contribution in [0, 0.1) is 6.20 Å². The fourth-order valence-electron chi connectivity index (χ4n) is 1.57. The van der Waals surface area contributed by atoms with Crippen LogP contribution in [0.1, 0.15) is 5.69 Å². The first-order valence-corrected chi connectivity index (χ1v) is 6.91. The van der Waals surface area contributed by atoms with Crippen molar-refractivity contribution in [3.63, 3.8) is 0 Å². The van der Waals surface area contributed by atoms with Crippen molar-refractivity contribution >= 4 is 11.3 Å². The second kappa shape index (κ2) is 5.72. The van der Waals surface area contributed by atoms with Gasteiger partial charge in [0.25, 0.3) is 0 Å². The predicted octanol–water partition coefficient (Wildman–Crippen LogP) is 4.21. The Bertz CT molecular complexity index is 774. The number of ether oxygens (including phenoxy) is 1. The summed E-state index contributed by atoms with van der Waals surface area (Å²) in [5.74, 6) is 0.768. The summed E-state index contributed by atoms with van der Waals surface area (Å²) in [6.45, 7) is 0. The highest BCUT2D eigenvalue weighted by Crippen LogP contribution is 2.32. The van der Waals surface area contributed by atoms with E-state index in [1.54, 1.807) is 24.3 Å². The minimum Gasteiger partial charge on any atom is -0.439 e. The SMILES string of the molecule is FC(F)(F)c1csc(-c2n[c]cc(Oc3ccccc3)n2)n1. The van der Waals surface area contributed by atoms with Crippen LogP contribution in [-0.2, 0) is 6.18 Å². The summed E-state index contributed by atoms with van der Waals surface area (Å²) in [6, 6.07) is 10.3. The molecule has 0 aliphatic heterocycles. The molecule has 22 heavy (non-hydrogen) atoms. The van der Waals surface area contributed by atoms with Crippen LogP contribution < -0.4 is 4.74 Å². The monoisotopic (exact) mass is 322 g/mol. The van der Waals surface area contributed by atoms with Gasteiger partial charge < -0.3 is 4.74 Å². The number of rotatable bonds is 3. The Morgan fingerprint density at radius 2 is 1.86 bits per heavy atom. The number of aromatic nitrogens is 3. The lowest BCUT2D eigenvalue weighted by molar-refractivity contribution is -0.140. The molecule has 0 aliphatic carbocycles. The summed E-state index contributed by atoms with van der Waals surface area (Å²) in [6.07, 6.45) is -1.95. The zero-order valence-electron chi connectivity index (χ0n) is 10.8. The van der Waals surface area contributed by atoms with E-state index in [0.29, 0.717) is 5.75 Å². The molecule has 0 unspecified atom stereocenters.